The van der Waals surface area contributed by atoms with Crippen molar-refractivity contribution in [2.75, 3.05) is 36.4 Å². The van der Waals surface area contributed by atoms with Gasteiger partial charge in [-0.25, -0.2) is 4.98 Å². The third-order valence-corrected chi connectivity index (χ3v) is 5.56. The summed E-state index contributed by atoms with van der Waals surface area (Å²) in [6, 6.07) is 9.94. The Morgan fingerprint density at radius 2 is 2.00 bits per heavy atom. The number of Topliss-reactive ketones (excluding diaryl/α,β-unsaturated/α-hetero) is 1. The van der Waals surface area contributed by atoms with Crippen LogP contribution in [0.1, 0.15) is 30.1 Å². The van der Waals surface area contributed by atoms with Gasteiger partial charge in [0, 0.05) is 48.7 Å². The first-order valence-electron chi connectivity index (χ1n) is 9.96. The highest BCUT2D eigenvalue weighted by atomic mass is 79.9. The predicted octanol–water partition coefficient (Wildman–Crippen LogP) is 4.53. The summed E-state index contributed by atoms with van der Waals surface area (Å²) < 4.78 is 0.946. The van der Waals surface area contributed by atoms with Crippen molar-refractivity contribution in [3.05, 3.63) is 52.8 Å². The lowest BCUT2D eigenvalue weighted by atomic mass is 10.0. The Morgan fingerprint density at radius 3 is 2.72 bits per heavy atom. The third-order valence-electron chi connectivity index (χ3n) is 5.07. The summed E-state index contributed by atoms with van der Waals surface area (Å²) in [7, 11) is 0. The first kappa shape index (κ1) is 19.8. The molecule has 1 aliphatic heterocycles. The number of anilines is 3. The summed E-state index contributed by atoms with van der Waals surface area (Å²) in [6.07, 6.45) is 4.81. The number of fused-ring (bicyclic) bond motifs is 1. The second kappa shape index (κ2) is 8.88. The number of halogens is 1. The average molecular weight is 454 g/mol. The number of nitrogens with zero attached hydrogens (tertiary/aromatic N) is 3. The number of carbonyl (C=O) groups excluding carboxylic acids is 1. The number of piperazine rings is 1. The van der Waals surface area contributed by atoms with Gasteiger partial charge in [0.25, 0.3) is 0 Å². The maximum atomic E-state index is 12.7. The van der Waals surface area contributed by atoms with Crippen LogP contribution in [0.3, 0.4) is 0 Å². The van der Waals surface area contributed by atoms with Gasteiger partial charge in [0.15, 0.2) is 5.78 Å². The lowest BCUT2D eigenvalue weighted by Gasteiger charge is -2.28. The van der Waals surface area contributed by atoms with Crippen LogP contribution in [-0.4, -0.2) is 41.9 Å². The van der Waals surface area contributed by atoms with E-state index >= 15 is 0 Å². The van der Waals surface area contributed by atoms with Crippen molar-refractivity contribution in [1.82, 2.24) is 15.3 Å². The fraction of sp³-hybridized carbons (Fsp3) is 0.318. The number of benzene rings is 1. The van der Waals surface area contributed by atoms with E-state index in [1.165, 1.54) is 0 Å². The maximum absolute atomic E-state index is 12.7. The quantitative estimate of drug-likeness (QED) is 0.534. The van der Waals surface area contributed by atoms with Crippen LogP contribution in [0.5, 0.6) is 0 Å². The highest BCUT2D eigenvalue weighted by Gasteiger charge is 2.16. The van der Waals surface area contributed by atoms with Crippen molar-refractivity contribution in [2.45, 2.75) is 19.8 Å². The molecule has 2 aromatic heterocycles. The van der Waals surface area contributed by atoms with Gasteiger partial charge < -0.3 is 15.5 Å². The van der Waals surface area contributed by atoms with Crippen molar-refractivity contribution < 1.29 is 4.79 Å². The first-order valence-corrected chi connectivity index (χ1v) is 10.7. The molecule has 3 heterocycles. The van der Waals surface area contributed by atoms with Crippen LogP contribution in [0.25, 0.3) is 10.9 Å². The summed E-state index contributed by atoms with van der Waals surface area (Å²) in [5.74, 6) is 1.07. The molecule has 4 rings (SSSR count). The van der Waals surface area contributed by atoms with Gasteiger partial charge in [-0.1, -0.05) is 22.9 Å². The van der Waals surface area contributed by atoms with Crippen LogP contribution in [-0.2, 0) is 0 Å². The van der Waals surface area contributed by atoms with E-state index in [9.17, 15) is 4.79 Å². The minimum atomic E-state index is 0.0924. The van der Waals surface area contributed by atoms with Gasteiger partial charge in [0.1, 0.15) is 5.82 Å². The highest BCUT2D eigenvalue weighted by molar-refractivity contribution is 9.10. The molecular weight excluding hydrogens is 430 g/mol. The summed E-state index contributed by atoms with van der Waals surface area (Å²) in [5, 5.41) is 7.70. The molecule has 7 heteroatoms. The molecule has 0 spiro atoms. The lowest BCUT2D eigenvalue weighted by Crippen LogP contribution is -2.43. The van der Waals surface area contributed by atoms with Crippen molar-refractivity contribution in [3.63, 3.8) is 0 Å². The topological polar surface area (TPSA) is 70.2 Å². The largest absolute Gasteiger partial charge is 0.354 e. The lowest BCUT2D eigenvalue weighted by molar-refractivity contribution is 0.0982. The number of rotatable bonds is 6. The molecule has 150 valence electrons. The monoisotopic (exact) mass is 453 g/mol. The molecule has 0 aliphatic carbocycles. The Balaban J connectivity index is 1.69. The van der Waals surface area contributed by atoms with Crippen LogP contribution in [0.2, 0.25) is 0 Å². The molecule has 1 aromatic carbocycles. The molecule has 0 saturated carbocycles. The van der Waals surface area contributed by atoms with Crippen LogP contribution in [0, 0.1) is 0 Å². The van der Waals surface area contributed by atoms with Gasteiger partial charge in [0.05, 0.1) is 28.7 Å². The van der Waals surface area contributed by atoms with Crippen LogP contribution in [0.4, 0.5) is 17.2 Å². The van der Waals surface area contributed by atoms with E-state index in [-0.39, 0.29) is 5.78 Å². The maximum Gasteiger partial charge on any atom is 0.166 e. The zero-order chi connectivity index (χ0) is 20.2. The summed E-state index contributed by atoms with van der Waals surface area (Å²) >= 11 is 3.53. The standard InChI is InChI=1S/C22H24BrN5O/c1-2-3-20(29)18-14-25-19-6-4-15(23)12-17(19)22(18)27-16-5-7-21(26-13-16)28-10-8-24-9-11-28/h4-7,12-14,24H,2-3,8-11H2,1H3,(H,25,27). The molecule has 2 N–H and O–H groups in total. The van der Waals surface area contributed by atoms with Gasteiger partial charge in [-0.2, -0.15) is 0 Å². The minimum Gasteiger partial charge on any atom is -0.354 e. The Morgan fingerprint density at radius 1 is 1.17 bits per heavy atom. The Bertz CT molecular complexity index is 1020. The van der Waals surface area contributed by atoms with Crippen molar-refractivity contribution in [1.29, 1.82) is 0 Å². The molecule has 0 radical (unpaired) electrons. The first-order chi connectivity index (χ1) is 14.2. The molecule has 1 saturated heterocycles. The van der Waals surface area contributed by atoms with Gasteiger partial charge in [-0.05, 0) is 36.8 Å². The van der Waals surface area contributed by atoms with E-state index in [1.807, 2.05) is 43.5 Å². The van der Waals surface area contributed by atoms with E-state index in [0.717, 1.165) is 65.2 Å². The number of hydrogen-bond acceptors (Lipinski definition) is 6. The molecule has 29 heavy (non-hydrogen) atoms. The average Bonchev–Trinajstić information content (AvgIpc) is 2.75. The number of aromatic nitrogens is 2. The van der Waals surface area contributed by atoms with Crippen LogP contribution < -0.4 is 15.5 Å². The van der Waals surface area contributed by atoms with E-state index in [2.05, 4.69) is 41.4 Å². The fourth-order valence-electron chi connectivity index (χ4n) is 3.56. The molecule has 0 unspecified atom stereocenters. The highest BCUT2D eigenvalue weighted by Crippen LogP contribution is 2.32. The molecule has 1 aliphatic rings. The molecule has 0 atom stereocenters. The molecular formula is C22H24BrN5O. The summed E-state index contributed by atoms with van der Waals surface area (Å²) in [6.45, 7) is 5.87. The Labute approximate surface area is 178 Å². The molecule has 1 fully saturated rings. The second-order valence-electron chi connectivity index (χ2n) is 7.15. The number of hydrogen-bond donors (Lipinski definition) is 2. The zero-order valence-corrected chi connectivity index (χ0v) is 18.0. The molecule has 3 aromatic rings. The van der Waals surface area contributed by atoms with Crippen molar-refractivity contribution >= 4 is 49.8 Å². The Hall–Kier alpha value is -2.51. The fourth-order valence-corrected chi connectivity index (χ4v) is 3.92. The van der Waals surface area contributed by atoms with Crippen LogP contribution in [0.15, 0.2) is 47.2 Å². The molecule has 0 bridgehead atoms. The Kier molecular flexibility index (Phi) is 6.06. The second-order valence-corrected chi connectivity index (χ2v) is 8.06. The van der Waals surface area contributed by atoms with Crippen LogP contribution >= 0.6 is 15.9 Å². The smallest absolute Gasteiger partial charge is 0.166 e. The SMILES string of the molecule is CCCC(=O)c1cnc2ccc(Br)cc2c1Nc1ccc(N2CCNCC2)nc1. The number of carbonyl (C=O) groups is 1. The predicted molar refractivity (Wildman–Crippen MR) is 121 cm³/mol. The molecule has 6 nitrogen and oxygen atoms in total. The van der Waals surface area contributed by atoms with E-state index in [4.69, 9.17) is 0 Å². The zero-order valence-electron chi connectivity index (χ0n) is 16.4. The number of ketones is 1. The number of nitrogens with one attached hydrogen (secondary N) is 2. The van der Waals surface area contributed by atoms with Gasteiger partial charge in [-0.15, -0.1) is 0 Å². The molecule has 0 amide bonds. The van der Waals surface area contributed by atoms with Gasteiger partial charge in [-0.3, -0.25) is 9.78 Å². The normalized spacial score (nSPS) is 14.2. The van der Waals surface area contributed by atoms with E-state index in [0.29, 0.717) is 12.0 Å². The number of pyridine rings is 2. The summed E-state index contributed by atoms with van der Waals surface area (Å²) in [4.78, 5) is 24.1. The summed E-state index contributed by atoms with van der Waals surface area (Å²) in [5.41, 5.74) is 3.09. The van der Waals surface area contributed by atoms with E-state index in [1.54, 1.807) is 6.20 Å². The minimum absolute atomic E-state index is 0.0924. The van der Waals surface area contributed by atoms with Crippen molar-refractivity contribution in [3.8, 4) is 0 Å². The van der Waals surface area contributed by atoms with Gasteiger partial charge in [0.2, 0.25) is 0 Å². The third kappa shape index (κ3) is 4.41. The van der Waals surface area contributed by atoms with E-state index < -0.39 is 0 Å². The van der Waals surface area contributed by atoms with Crippen molar-refractivity contribution in [2.24, 2.45) is 0 Å². The van der Waals surface area contributed by atoms with Gasteiger partial charge >= 0.3 is 0 Å².